The van der Waals surface area contributed by atoms with Gasteiger partial charge in [-0.15, -0.1) is 0 Å². The fourth-order valence-corrected chi connectivity index (χ4v) is 2.54. The van der Waals surface area contributed by atoms with Gasteiger partial charge in [-0.1, -0.05) is 48.5 Å². The van der Waals surface area contributed by atoms with Gasteiger partial charge in [0, 0.05) is 17.5 Å². The maximum Gasteiger partial charge on any atom is 0.175 e. The molecule has 1 atom stereocenters. The van der Waals surface area contributed by atoms with E-state index in [9.17, 15) is 4.79 Å². The van der Waals surface area contributed by atoms with Gasteiger partial charge < -0.3 is 5.73 Å². The summed E-state index contributed by atoms with van der Waals surface area (Å²) in [5, 5.41) is 0. The fraction of sp³-hybridized carbons (Fsp3) is 0.176. The van der Waals surface area contributed by atoms with E-state index in [4.69, 9.17) is 5.73 Å². The van der Waals surface area contributed by atoms with E-state index < -0.39 is 6.17 Å². The first-order valence-corrected chi connectivity index (χ1v) is 6.67. The fourth-order valence-electron chi connectivity index (χ4n) is 2.54. The second-order valence-corrected chi connectivity index (χ2v) is 5.03. The summed E-state index contributed by atoms with van der Waals surface area (Å²) in [6.07, 6.45) is -0.430. The van der Waals surface area contributed by atoms with Gasteiger partial charge in [0.2, 0.25) is 0 Å². The molecule has 2 aromatic rings. The molecule has 3 rings (SSSR count). The number of Topliss-reactive ketones (excluding diaryl/α,β-unsaturated/α-hetero) is 1. The molecule has 3 nitrogen and oxygen atoms in total. The van der Waals surface area contributed by atoms with Crippen molar-refractivity contribution >= 4 is 11.5 Å². The van der Waals surface area contributed by atoms with E-state index in [0.717, 1.165) is 28.0 Å². The van der Waals surface area contributed by atoms with Crippen LogP contribution >= 0.6 is 0 Å². The van der Waals surface area contributed by atoms with Crippen molar-refractivity contribution in [3.05, 3.63) is 70.8 Å². The molecule has 0 saturated carbocycles. The van der Waals surface area contributed by atoms with Gasteiger partial charge >= 0.3 is 0 Å². The lowest BCUT2D eigenvalue weighted by atomic mass is 9.92. The van der Waals surface area contributed by atoms with Crippen molar-refractivity contribution in [3.8, 4) is 0 Å². The van der Waals surface area contributed by atoms with Crippen LogP contribution in [-0.4, -0.2) is 17.7 Å². The van der Waals surface area contributed by atoms with E-state index in [-0.39, 0.29) is 5.78 Å². The number of ketones is 1. The van der Waals surface area contributed by atoms with Gasteiger partial charge in [-0.05, 0) is 18.1 Å². The first-order valence-electron chi connectivity index (χ1n) is 6.67. The number of aliphatic imine (C=N–C) groups is 1. The van der Waals surface area contributed by atoms with Crippen LogP contribution in [0.4, 0.5) is 0 Å². The molecular formula is C17H16N2O. The number of carbonyl (C=O) groups excluding carboxylic acids is 1. The Morgan fingerprint density at radius 3 is 2.60 bits per heavy atom. The standard InChI is InChI=1S/C17H16N2O/c1-11-6-5-9-13-14(11)10-15(20)17(18)19-16(13)12-7-3-2-4-8-12/h2-9,17H,10,18H2,1H3/t17-/m0/s1. The van der Waals surface area contributed by atoms with Crippen molar-refractivity contribution in [2.24, 2.45) is 10.7 Å². The van der Waals surface area contributed by atoms with E-state index in [0.29, 0.717) is 6.42 Å². The molecule has 3 heteroatoms. The zero-order valence-corrected chi connectivity index (χ0v) is 11.3. The summed E-state index contributed by atoms with van der Waals surface area (Å²) in [6, 6.07) is 15.9. The number of nitrogens with zero attached hydrogens (tertiary/aromatic N) is 1. The first kappa shape index (κ1) is 12.8. The van der Waals surface area contributed by atoms with Crippen LogP contribution in [0.5, 0.6) is 0 Å². The lowest BCUT2D eigenvalue weighted by Gasteiger charge is -2.11. The van der Waals surface area contributed by atoms with Gasteiger partial charge in [0.1, 0.15) is 0 Å². The van der Waals surface area contributed by atoms with Gasteiger partial charge in [-0.3, -0.25) is 9.79 Å². The molecule has 100 valence electrons. The summed E-state index contributed by atoms with van der Waals surface area (Å²) in [5.41, 5.74) is 10.8. The van der Waals surface area contributed by atoms with E-state index in [1.807, 2.05) is 55.5 Å². The van der Waals surface area contributed by atoms with E-state index >= 15 is 0 Å². The highest BCUT2D eigenvalue weighted by Crippen LogP contribution is 2.23. The van der Waals surface area contributed by atoms with Crippen molar-refractivity contribution in [1.82, 2.24) is 0 Å². The molecule has 0 spiro atoms. The van der Waals surface area contributed by atoms with Crippen molar-refractivity contribution < 1.29 is 4.79 Å². The van der Waals surface area contributed by atoms with Crippen LogP contribution in [-0.2, 0) is 11.2 Å². The van der Waals surface area contributed by atoms with E-state index in [2.05, 4.69) is 4.99 Å². The van der Waals surface area contributed by atoms with E-state index in [1.54, 1.807) is 0 Å². The Kier molecular flexibility index (Phi) is 3.20. The van der Waals surface area contributed by atoms with Gasteiger partial charge in [0.15, 0.2) is 11.9 Å². The third-order valence-corrected chi connectivity index (χ3v) is 3.66. The first-order chi connectivity index (χ1) is 9.66. The predicted octanol–water partition coefficient (Wildman–Crippen LogP) is 2.24. The maximum atomic E-state index is 12.1. The average Bonchev–Trinajstić information content (AvgIpc) is 2.59. The molecule has 0 fully saturated rings. The molecule has 1 heterocycles. The van der Waals surface area contributed by atoms with Crippen LogP contribution < -0.4 is 5.73 Å². The average molecular weight is 264 g/mol. The molecule has 2 N–H and O–H groups in total. The third kappa shape index (κ3) is 2.17. The molecule has 0 saturated heterocycles. The minimum atomic E-state index is -0.781. The highest BCUT2D eigenvalue weighted by atomic mass is 16.1. The van der Waals surface area contributed by atoms with Gasteiger partial charge in [0.05, 0.1) is 5.71 Å². The number of nitrogens with two attached hydrogens (primary N) is 1. The lowest BCUT2D eigenvalue weighted by molar-refractivity contribution is -0.119. The highest BCUT2D eigenvalue weighted by molar-refractivity contribution is 6.16. The van der Waals surface area contributed by atoms with E-state index in [1.165, 1.54) is 0 Å². The van der Waals surface area contributed by atoms with Crippen molar-refractivity contribution in [2.75, 3.05) is 0 Å². The summed E-state index contributed by atoms with van der Waals surface area (Å²) >= 11 is 0. The number of rotatable bonds is 1. The van der Waals surface area contributed by atoms with Gasteiger partial charge in [-0.2, -0.15) is 0 Å². The van der Waals surface area contributed by atoms with Crippen LogP contribution in [0.25, 0.3) is 0 Å². The summed E-state index contributed by atoms with van der Waals surface area (Å²) in [6.45, 7) is 2.02. The molecule has 0 aromatic heterocycles. The molecule has 20 heavy (non-hydrogen) atoms. The Hall–Kier alpha value is -2.26. The number of hydrogen-bond donors (Lipinski definition) is 1. The maximum absolute atomic E-state index is 12.1. The molecule has 1 aliphatic rings. The van der Waals surface area contributed by atoms with Crippen LogP contribution in [0.1, 0.15) is 22.3 Å². The zero-order valence-electron chi connectivity index (χ0n) is 11.3. The molecule has 2 aromatic carbocycles. The number of aryl methyl sites for hydroxylation is 1. The summed E-state index contributed by atoms with van der Waals surface area (Å²) in [7, 11) is 0. The highest BCUT2D eigenvalue weighted by Gasteiger charge is 2.24. The third-order valence-electron chi connectivity index (χ3n) is 3.66. The lowest BCUT2D eigenvalue weighted by Crippen LogP contribution is -2.29. The zero-order chi connectivity index (χ0) is 14.1. The van der Waals surface area contributed by atoms with Crippen LogP contribution in [0.3, 0.4) is 0 Å². The normalized spacial score (nSPS) is 18.2. The Bertz CT molecular complexity index is 689. The largest absolute Gasteiger partial charge is 0.303 e. The Morgan fingerprint density at radius 1 is 1.10 bits per heavy atom. The minimum Gasteiger partial charge on any atom is -0.303 e. The summed E-state index contributed by atoms with van der Waals surface area (Å²) < 4.78 is 0. The van der Waals surface area contributed by atoms with Crippen LogP contribution in [0.2, 0.25) is 0 Å². The van der Waals surface area contributed by atoms with Crippen LogP contribution in [0, 0.1) is 6.92 Å². The van der Waals surface area contributed by atoms with Crippen molar-refractivity contribution in [2.45, 2.75) is 19.5 Å². The molecule has 0 bridgehead atoms. The number of hydrogen-bond acceptors (Lipinski definition) is 3. The SMILES string of the molecule is Cc1cccc2c1CC(=O)[C@@H](N)N=C2c1ccccc1. The summed E-state index contributed by atoms with van der Waals surface area (Å²) in [4.78, 5) is 16.5. The number of carbonyl (C=O) groups is 1. The van der Waals surface area contributed by atoms with Crippen LogP contribution in [0.15, 0.2) is 53.5 Å². The smallest absolute Gasteiger partial charge is 0.175 e. The molecule has 1 aliphatic heterocycles. The van der Waals surface area contributed by atoms with Gasteiger partial charge in [0.25, 0.3) is 0 Å². The molecule has 0 unspecified atom stereocenters. The summed E-state index contributed by atoms with van der Waals surface area (Å²) in [5.74, 6) is -0.0357. The topological polar surface area (TPSA) is 55.5 Å². The Labute approximate surface area is 118 Å². The Balaban J connectivity index is 2.25. The minimum absolute atomic E-state index is 0.0357. The molecule has 0 aliphatic carbocycles. The quantitative estimate of drug-likeness (QED) is 0.858. The molecular weight excluding hydrogens is 248 g/mol. The number of fused-ring (bicyclic) bond motifs is 1. The predicted molar refractivity (Wildman–Crippen MR) is 79.9 cm³/mol. The number of benzene rings is 2. The van der Waals surface area contributed by atoms with Crippen molar-refractivity contribution in [3.63, 3.8) is 0 Å². The Morgan fingerprint density at radius 2 is 1.85 bits per heavy atom. The molecule has 0 radical (unpaired) electrons. The second kappa shape index (κ2) is 5.02. The molecule has 0 amide bonds. The van der Waals surface area contributed by atoms with Gasteiger partial charge in [-0.25, -0.2) is 0 Å². The monoisotopic (exact) mass is 264 g/mol. The second-order valence-electron chi connectivity index (χ2n) is 5.03. The van der Waals surface area contributed by atoms with Crippen molar-refractivity contribution in [1.29, 1.82) is 0 Å².